The van der Waals surface area contributed by atoms with E-state index in [0.29, 0.717) is 37.0 Å². The van der Waals surface area contributed by atoms with Gasteiger partial charge < -0.3 is 19.0 Å². The van der Waals surface area contributed by atoms with Crippen LogP contribution in [0, 0.1) is 13.8 Å². The highest BCUT2D eigenvalue weighted by Crippen LogP contribution is 2.40. The molecule has 2 amide bonds. The molecule has 0 N–H and O–H groups in total. The van der Waals surface area contributed by atoms with Crippen molar-refractivity contribution < 1.29 is 18.7 Å². The van der Waals surface area contributed by atoms with Gasteiger partial charge in [-0.1, -0.05) is 0 Å². The van der Waals surface area contributed by atoms with Crippen LogP contribution in [-0.2, 0) is 4.74 Å². The van der Waals surface area contributed by atoms with Gasteiger partial charge in [0.2, 0.25) is 0 Å². The molecule has 1 aromatic heterocycles. The first-order valence-electron chi connectivity index (χ1n) is 7.85. The number of hydrogen-bond acceptors (Lipinski definition) is 5. The number of amides is 2. The molecule has 1 spiro atoms. The van der Waals surface area contributed by atoms with Gasteiger partial charge in [-0.25, -0.2) is 9.78 Å². The fraction of sp³-hybridized carbons (Fsp3) is 0.688. The molecule has 7 heteroatoms. The zero-order valence-corrected chi connectivity index (χ0v) is 14.3. The molecule has 1 aromatic rings. The summed E-state index contributed by atoms with van der Waals surface area (Å²) < 4.78 is 10.7. The van der Waals surface area contributed by atoms with Crippen LogP contribution in [0.1, 0.15) is 49.3 Å². The van der Waals surface area contributed by atoms with Crippen molar-refractivity contribution in [1.82, 2.24) is 14.8 Å². The summed E-state index contributed by atoms with van der Waals surface area (Å²) in [5.74, 6) is 0.914. The second-order valence-electron chi connectivity index (χ2n) is 7.41. The molecule has 0 unspecified atom stereocenters. The van der Waals surface area contributed by atoms with Gasteiger partial charge in [0.15, 0.2) is 11.6 Å². The quantitative estimate of drug-likeness (QED) is 0.792. The summed E-state index contributed by atoms with van der Waals surface area (Å²) >= 11 is 0. The van der Waals surface area contributed by atoms with E-state index in [1.807, 2.05) is 20.8 Å². The number of ether oxygens (including phenoxy) is 1. The third kappa shape index (κ3) is 2.68. The van der Waals surface area contributed by atoms with Gasteiger partial charge in [0.1, 0.15) is 11.4 Å². The normalized spacial score (nSPS) is 19.3. The largest absolute Gasteiger partial charge is 0.445 e. The van der Waals surface area contributed by atoms with Crippen LogP contribution in [0.15, 0.2) is 4.42 Å². The van der Waals surface area contributed by atoms with Crippen LogP contribution in [0.2, 0.25) is 0 Å². The van der Waals surface area contributed by atoms with E-state index in [1.165, 1.54) is 0 Å². The van der Waals surface area contributed by atoms with Gasteiger partial charge in [-0.2, -0.15) is 0 Å². The minimum Gasteiger partial charge on any atom is -0.445 e. The minimum atomic E-state index is -0.510. The van der Waals surface area contributed by atoms with E-state index in [4.69, 9.17) is 9.15 Å². The van der Waals surface area contributed by atoms with Crippen molar-refractivity contribution in [3.05, 3.63) is 17.3 Å². The van der Waals surface area contributed by atoms with E-state index in [2.05, 4.69) is 4.98 Å². The number of aromatic nitrogens is 1. The van der Waals surface area contributed by atoms with Gasteiger partial charge in [0.05, 0.1) is 5.54 Å². The van der Waals surface area contributed by atoms with Crippen molar-refractivity contribution >= 4 is 12.0 Å². The van der Waals surface area contributed by atoms with Crippen molar-refractivity contribution in [2.24, 2.45) is 0 Å². The lowest BCUT2D eigenvalue weighted by atomic mass is 9.77. The molecule has 23 heavy (non-hydrogen) atoms. The molecular formula is C16H23N3O4. The molecule has 0 aromatic carbocycles. The topological polar surface area (TPSA) is 75.9 Å². The lowest BCUT2D eigenvalue weighted by Gasteiger charge is -2.61. The van der Waals surface area contributed by atoms with E-state index in [-0.39, 0.29) is 17.5 Å². The van der Waals surface area contributed by atoms with Crippen LogP contribution in [0.25, 0.3) is 0 Å². The molecule has 7 nitrogen and oxygen atoms in total. The maximum Gasteiger partial charge on any atom is 0.410 e. The Hall–Kier alpha value is -2.05. The van der Waals surface area contributed by atoms with Crippen molar-refractivity contribution in [3.63, 3.8) is 0 Å². The highest BCUT2D eigenvalue weighted by Gasteiger charge is 2.57. The SMILES string of the molecule is Cc1nc(C(=O)N2CCC23CN(C(=O)OC(C)(C)C)C3)c(C)o1. The maximum absolute atomic E-state index is 12.6. The van der Waals surface area contributed by atoms with E-state index in [0.717, 1.165) is 6.42 Å². The fourth-order valence-corrected chi connectivity index (χ4v) is 3.16. The number of aryl methyl sites for hydroxylation is 2. The van der Waals surface area contributed by atoms with Gasteiger partial charge in [0.25, 0.3) is 5.91 Å². The molecule has 3 heterocycles. The van der Waals surface area contributed by atoms with Gasteiger partial charge in [-0.3, -0.25) is 4.79 Å². The molecule has 0 bridgehead atoms. The Morgan fingerprint density at radius 3 is 2.35 bits per heavy atom. The smallest absolute Gasteiger partial charge is 0.410 e. The molecule has 0 radical (unpaired) electrons. The van der Waals surface area contributed by atoms with Gasteiger partial charge in [-0.15, -0.1) is 0 Å². The Labute approximate surface area is 135 Å². The van der Waals surface area contributed by atoms with Crippen molar-refractivity contribution in [3.8, 4) is 0 Å². The molecule has 2 aliphatic heterocycles. The number of carbonyl (C=O) groups is 2. The van der Waals surface area contributed by atoms with E-state index in [9.17, 15) is 9.59 Å². The second kappa shape index (κ2) is 4.97. The summed E-state index contributed by atoms with van der Waals surface area (Å²) in [5, 5.41) is 0. The summed E-state index contributed by atoms with van der Waals surface area (Å²) in [6.07, 6.45) is 0.573. The number of rotatable bonds is 1. The molecule has 126 valence electrons. The minimum absolute atomic E-state index is 0.116. The Morgan fingerprint density at radius 2 is 1.91 bits per heavy atom. The molecule has 0 atom stereocenters. The third-order valence-electron chi connectivity index (χ3n) is 4.35. The summed E-state index contributed by atoms with van der Waals surface area (Å²) in [5.41, 5.74) is -0.394. The highest BCUT2D eigenvalue weighted by atomic mass is 16.6. The Kier molecular flexibility index (Phi) is 3.42. The summed E-state index contributed by atoms with van der Waals surface area (Å²) in [7, 11) is 0. The average Bonchev–Trinajstić information content (AvgIpc) is 2.63. The first kappa shape index (κ1) is 15.8. The molecule has 0 aliphatic carbocycles. The third-order valence-corrected chi connectivity index (χ3v) is 4.35. The van der Waals surface area contributed by atoms with Crippen LogP contribution in [-0.4, -0.2) is 57.6 Å². The summed E-state index contributed by atoms with van der Waals surface area (Å²) in [4.78, 5) is 32.3. The standard InChI is InChI=1S/C16H23N3O4/c1-10-12(17-11(2)22-10)13(20)19-7-6-16(19)8-18(9-16)14(21)23-15(3,4)5/h6-9H2,1-5H3. The number of nitrogens with zero attached hydrogens (tertiary/aromatic N) is 3. The Bertz CT molecular complexity index is 653. The van der Waals surface area contributed by atoms with Crippen LogP contribution in [0.3, 0.4) is 0 Å². The lowest BCUT2D eigenvalue weighted by molar-refractivity contribution is -0.0996. The number of likely N-dealkylation sites (tertiary alicyclic amines) is 2. The number of carbonyl (C=O) groups excluding carboxylic acids is 2. The van der Waals surface area contributed by atoms with Crippen LogP contribution in [0.5, 0.6) is 0 Å². The zero-order chi connectivity index (χ0) is 17.0. The first-order chi connectivity index (χ1) is 10.6. The van der Waals surface area contributed by atoms with E-state index >= 15 is 0 Å². The summed E-state index contributed by atoms with van der Waals surface area (Å²) in [6.45, 7) is 10.7. The molecule has 2 saturated heterocycles. The maximum atomic E-state index is 12.6. The van der Waals surface area contributed by atoms with Crippen molar-refractivity contribution in [2.45, 2.75) is 52.2 Å². The molecule has 0 saturated carbocycles. The molecule has 3 rings (SSSR count). The summed E-state index contributed by atoms with van der Waals surface area (Å²) in [6, 6.07) is 0. The predicted octanol–water partition coefficient (Wildman–Crippen LogP) is 2.13. The highest BCUT2D eigenvalue weighted by molar-refractivity contribution is 5.94. The molecule has 2 aliphatic rings. The fourth-order valence-electron chi connectivity index (χ4n) is 3.16. The van der Waals surface area contributed by atoms with Crippen molar-refractivity contribution in [2.75, 3.05) is 19.6 Å². The van der Waals surface area contributed by atoms with Crippen LogP contribution >= 0.6 is 0 Å². The number of hydrogen-bond donors (Lipinski definition) is 0. The van der Waals surface area contributed by atoms with Crippen LogP contribution in [0.4, 0.5) is 4.79 Å². The number of oxazole rings is 1. The average molecular weight is 321 g/mol. The van der Waals surface area contributed by atoms with E-state index < -0.39 is 5.60 Å². The van der Waals surface area contributed by atoms with E-state index in [1.54, 1.807) is 23.6 Å². The van der Waals surface area contributed by atoms with Gasteiger partial charge in [0, 0.05) is 26.6 Å². The van der Waals surface area contributed by atoms with Crippen LogP contribution < -0.4 is 0 Å². The molecular weight excluding hydrogens is 298 g/mol. The van der Waals surface area contributed by atoms with Gasteiger partial charge in [-0.05, 0) is 34.1 Å². The van der Waals surface area contributed by atoms with Gasteiger partial charge >= 0.3 is 6.09 Å². The Balaban J connectivity index is 1.64. The Morgan fingerprint density at radius 1 is 1.26 bits per heavy atom. The molecule has 2 fully saturated rings. The second-order valence-corrected chi connectivity index (χ2v) is 7.41. The van der Waals surface area contributed by atoms with Crippen molar-refractivity contribution in [1.29, 1.82) is 0 Å². The monoisotopic (exact) mass is 321 g/mol. The predicted molar refractivity (Wildman–Crippen MR) is 82.2 cm³/mol. The zero-order valence-electron chi connectivity index (χ0n) is 14.3. The lowest BCUT2D eigenvalue weighted by Crippen LogP contribution is -2.78. The first-order valence-corrected chi connectivity index (χ1v) is 7.85.